The molecule has 0 radical (unpaired) electrons. The van der Waals surface area contributed by atoms with Gasteiger partial charge in [-0.1, -0.05) is 17.7 Å². The number of halogens is 1. The van der Waals surface area contributed by atoms with Crippen molar-refractivity contribution >= 4 is 38.7 Å². The zero-order valence-corrected chi connectivity index (χ0v) is 16.1. The Morgan fingerprint density at radius 1 is 1.35 bits per heavy atom. The molecule has 8 heteroatoms. The van der Waals surface area contributed by atoms with E-state index in [0.717, 1.165) is 11.3 Å². The highest BCUT2D eigenvalue weighted by Gasteiger charge is 2.33. The quantitative estimate of drug-likeness (QED) is 0.863. The predicted octanol–water partition coefficient (Wildman–Crippen LogP) is 3.05. The minimum atomic E-state index is -3.05. The van der Waals surface area contributed by atoms with Crippen molar-refractivity contribution in [2.24, 2.45) is 0 Å². The Labute approximate surface area is 158 Å². The maximum absolute atomic E-state index is 12.7. The monoisotopic (exact) mass is 393 g/mol. The van der Waals surface area contributed by atoms with E-state index in [-0.39, 0.29) is 29.1 Å². The fraction of sp³-hybridized carbons (Fsp3) is 0.333. The number of sulfone groups is 1. The summed E-state index contributed by atoms with van der Waals surface area (Å²) in [4.78, 5) is 18.3. The Bertz CT molecular complexity index is 946. The largest absolute Gasteiger partial charge is 0.355 e. The van der Waals surface area contributed by atoms with Crippen LogP contribution in [0.5, 0.6) is 0 Å². The third-order valence-corrected chi connectivity index (χ3v) is 6.76. The fourth-order valence-electron chi connectivity index (χ4n) is 2.95. The summed E-state index contributed by atoms with van der Waals surface area (Å²) in [6, 6.07) is 8.67. The molecule has 2 heterocycles. The van der Waals surface area contributed by atoms with Crippen LogP contribution in [0.25, 0.3) is 0 Å². The topological polar surface area (TPSA) is 79.4 Å². The lowest BCUT2D eigenvalue weighted by Crippen LogP contribution is -2.38. The van der Waals surface area contributed by atoms with Gasteiger partial charge in [-0.15, -0.1) is 0 Å². The zero-order valence-electron chi connectivity index (χ0n) is 14.6. The van der Waals surface area contributed by atoms with E-state index in [0.29, 0.717) is 17.1 Å². The van der Waals surface area contributed by atoms with Gasteiger partial charge in [0.2, 0.25) is 0 Å². The van der Waals surface area contributed by atoms with Gasteiger partial charge in [0, 0.05) is 35.7 Å². The van der Waals surface area contributed by atoms with Crippen molar-refractivity contribution in [2.75, 3.05) is 23.9 Å². The molecule has 1 unspecified atom stereocenters. The van der Waals surface area contributed by atoms with E-state index in [4.69, 9.17) is 11.6 Å². The van der Waals surface area contributed by atoms with Crippen LogP contribution in [0.15, 0.2) is 36.5 Å². The van der Waals surface area contributed by atoms with Gasteiger partial charge in [-0.2, -0.15) is 0 Å². The molecule has 1 N–H and O–H groups in total. The van der Waals surface area contributed by atoms with Crippen molar-refractivity contribution in [1.29, 1.82) is 0 Å². The normalized spacial score (nSPS) is 18.5. The Morgan fingerprint density at radius 3 is 2.81 bits per heavy atom. The van der Waals surface area contributed by atoms with Gasteiger partial charge in [0.1, 0.15) is 5.69 Å². The van der Waals surface area contributed by atoms with Crippen LogP contribution in [-0.2, 0) is 9.84 Å². The van der Waals surface area contributed by atoms with Crippen LogP contribution < -0.4 is 5.32 Å². The smallest absolute Gasteiger partial charge is 0.272 e. The van der Waals surface area contributed by atoms with Crippen molar-refractivity contribution in [3.63, 3.8) is 0 Å². The lowest BCUT2D eigenvalue weighted by molar-refractivity contribution is 0.0742. The van der Waals surface area contributed by atoms with Crippen molar-refractivity contribution in [1.82, 2.24) is 9.88 Å². The summed E-state index contributed by atoms with van der Waals surface area (Å²) in [6.07, 6.45) is 2.01. The Hall–Kier alpha value is -2.12. The van der Waals surface area contributed by atoms with Crippen molar-refractivity contribution < 1.29 is 13.2 Å². The molecule has 6 nitrogen and oxygen atoms in total. The molecule has 0 spiro atoms. The molecule has 3 rings (SSSR count). The number of nitrogens with one attached hydrogen (secondary N) is 1. The highest BCUT2D eigenvalue weighted by atomic mass is 35.5. The Morgan fingerprint density at radius 2 is 2.12 bits per heavy atom. The number of carbonyl (C=O) groups excluding carboxylic acids is 1. The molecule has 2 aromatic rings. The number of benzene rings is 1. The SMILES string of the molecule is Cc1c(Cl)cccc1Nc1ccnc(C(=O)N(C)C2CCS(=O)(=O)C2)c1. The molecule has 1 aromatic carbocycles. The molecule has 1 aliphatic heterocycles. The highest BCUT2D eigenvalue weighted by Crippen LogP contribution is 2.26. The second kappa shape index (κ2) is 7.25. The van der Waals surface area contributed by atoms with Crippen LogP contribution >= 0.6 is 11.6 Å². The number of anilines is 2. The van der Waals surface area contributed by atoms with Gasteiger partial charge in [-0.3, -0.25) is 9.78 Å². The minimum Gasteiger partial charge on any atom is -0.355 e. The van der Waals surface area contributed by atoms with Crippen molar-refractivity contribution in [2.45, 2.75) is 19.4 Å². The van der Waals surface area contributed by atoms with Gasteiger partial charge in [-0.25, -0.2) is 8.42 Å². The molecule has 0 bridgehead atoms. The van der Waals surface area contributed by atoms with Crippen LogP contribution in [0.1, 0.15) is 22.5 Å². The summed E-state index contributed by atoms with van der Waals surface area (Å²) in [6.45, 7) is 1.91. The molecule has 1 aromatic heterocycles. The average molecular weight is 394 g/mol. The van der Waals surface area contributed by atoms with Crippen LogP contribution in [0.4, 0.5) is 11.4 Å². The molecule has 0 saturated carbocycles. The summed E-state index contributed by atoms with van der Waals surface area (Å²) < 4.78 is 23.3. The standard InChI is InChI=1S/C18H20ClN3O3S/c1-12-15(19)4-3-5-16(12)21-13-6-8-20-17(10-13)18(23)22(2)14-7-9-26(24,25)11-14/h3-6,8,10,14H,7,9,11H2,1-2H3,(H,20,21). The number of pyridine rings is 1. The number of hydrogen-bond donors (Lipinski definition) is 1. The Kier molecular flexibility index (Phi) is 5.20. The molecule has 1 fully saturated rings. The molecular formula is C18H20ClN3O3S. The van der Waals surface area contributed by atoms with E-state index in [1.165, 1.54) is 4.90 Å². The van der Waals surface area contributed by atoms with Crippen molar-refractivity contribution in [3.8, 4) is 0 Å². The first-order valence-electron chi connectivity index (χ1n) is 8.22. The molecule has 1 saturated heterocycles. The molecule has 138 valence electrons. The first-order valence-corrected chi connectivity index (χ1v) is 10.4. The van der Waals surface area contributed by atoms with E-state index < -0.39 is 9.84 Å². The van der Waals surface area contributed by atoms with Gasteiger partial charge in [0.05, 0.1) is 11.5 Å². The summed E-state index contributed by atoms with van der Waals surface area (Å²) in [5.41, 5.74) is 2.73. The number of carbonyl (C=O) groups is 1. The first-order chi connectivity index (χ1) is 12.3. The average Bonchev–Trinajstić information content (AvgIpc) is 2.98. The molecule has 1 aliphatic rings. The number of nitrogens with zero attached hydrogens (tertiary/aromatic N) is 2. The van der Waals surface area contributed by atoms with Crippen LogP contribution in [0.3, 0.4) is 0 Å². The predicted molar refractivity (Wildman–Crippen MR) is 103 cm³/mol. The third-order valence-electron chi connectivity index (χ3n) is 4.60. The lowest BCUT2D eigenvalue weighted by atomic mass is 10.2. The van der Waals surface area contributed by atoms with Crippen molar-refractivity contribution in [3.05, 3.63) is 52.8 Å². The molecule has 0 aliphatic carbocycles. The summed E-state index contributed by atoms with van der Waals surface area (Å²) in [7, 11) is -1.43. The van der Waals surface area contributed by atoms with Gasteiger partial charge in [0.25, 0.3) is 5.91 Å². The second-order valence-corrected chi connectivity index (χ2v) is 9.08. The van der Waals surface area contributed by atoms with Gasteiger partial charge >= 0.3 is 0 Å². The van der Waals surface area contributed by atoms with Crippen LogP contribution in [-0.4, -0.2) is 48.8 Å². The van der Waals surface area contributed by atoms with E-state index in [1.807, 2.05) is 25.1 Å². The van der Waals surface area contributed by atoms with E-state index in [9.17, 15) is 13.2 Å². The zero-order chi connectivity index (χ0) is 18.9. The number of amides is 1. The summed E-state index contributed by atoms with van der Waals surface area (Å²) >= 11 is 6.14. The maximum Gasteiger partial charge on any atom is 0.272 e. The third kappa shape index (κ3) is 3.99. The first kappa shape index (κ1) is 18.7. The number of hydrogen-bond acceptors (Lipinski definition) is 5. The fourth-order valence-corrected chi connectivity index (χ4v) is 4.90. The summed E-state index contributed by atoms with van der Waals surface area (Å²) in [5, 5.41) is 3.89. The lowest BCUT2D eigenvalue weighted by Gasteiger charge is -2.23. The van der Waals surface area contributed by atoms with Gasteiger partial charge in [0.15, 0.2) is 9.84 Å². The molecule has 1 amide bonds. The maximum atomic E-state index is 12.7. The number of aromatic nitrogens is 1. The van der Waals surface area contributed by atoms with Crippen LogP contribution in [0.2, 0.25) is 5.02 Å². The van der Waals surface area contributed by atoms with Gasteiger partial charge in [-0.05, 0) is 43.2 Å². The van der Waals surface area contributed by atoms with Crippen LogP contribution in [0, 0.1) is 6.92 Å². The molecule has 1 atom stereocenters. The highest BCUT2D eigenvalue weighted by molar-refractivity contribution is 7.91. The van der Waals surface area contributed by atoms with E-state index in [2.05, 4.69) is 10.3 Å². The van der Waals surface area contributed by atoms with E-state index in [1.54, 1.807) is 25.4 Å². The summed E-state index contributed by atoms with van der Waals surface area (Å²) in [5.74, 6) is -0.161. The molecule has 26 heavy (non-hydrogen) atoms. The Balaban J connectivity index is 1.78. The minimum absolute atomic E-state index is 0.00882. The van der Waals surface area contributed by atoms with Gasteiger partial charge < -0.3 is 10.2 Å². The van der Waals surface area contributed by atoms with E-state index >= 15 is 0 Å². The number of rotatable bonds is 4. The second-order valence-electron chi connectivity index (χ2n) is 6.44. The molecular weight excluding hydrogens is 374 g/mol.